The topological polar surface area (TPSA) is 69.7 Å². The molecule has 3 fully saturated rings. The second-order valence-electron chi connectivity index (χ2n) is 7.89. The van der Waals surface area contributed by atoms with Crippen LogP contribution in [0.2, 0.25) is 0 Å². The summed E-state index contributed by atoms with van der Waals surface area (Å²) in [5.74, 6) is 0.000147. The molecule has 0 radical (unpaired) electrons. The molecule has 3 saturated heterocycles. The monoisotopic (exact) mass is 433 g/mol. The molecule has 1 amide bonds. The first kappa shape index (κ1) is 21.0. The minimum Gasteiger partial charge on any atom is -0.341 e. The van der Waals surface area contributed by atoms with Crippen LogP contribution in [0.15, 0.2) is 16.3 Å². The highest BCUT2D eigenvalue weighted by Gasteiger charge is 2.44. The Balaban J connectivity index is 0.00000210. The van der Waals surface area contributed by atoms with E-state index >= 15 is 0 Å². The van der Waals surface area contributed by atoms with Crippen LogP contribution in [0.5, 0.6) is 0 Å². The van der Waals surface area contributed by atoms with E-state index in [9.17, 15) is 13.2 Å². The van der Waals surface area contributed by atoms with Gasteiger partial charge in [0.1, 0.15) is 10.3 Å². The first-order valence-corrected chi connectivity index (χ1v) is 11.7. The van der Waals surface area contributed by atoms with Crippen molar-refractivity contribution in [2.45, 2.75) is 49.3 Å². The third-order valence-electron chi connectivity index (χ3n) is 6.24. The molecule has 1 N–H and O–H groups in total. The Morgan fingerprint density at radius 3 is 2.56 bits per heavy atom. The first-order valence-electron chi connectivity index (χ1n) is 9.49. The third-order valence-corrected chi connectivity index (χ3v) is 9.61. The van der Waals surface area contributed by atoms with Gasteiger partial charge in [-0.15, -0.1) is 23.7 Å². The van der Waals surface area contributed by atoms with Crippen LogP contribution in [0.4, 0.5) is 0 Å². The number of carbonyl (C=O) groups excluding carboxylic acids is 1. The van der Waals surface area contributed by atoms with Crippen LogP contribution in [-0.4, -0.2) is 62.3 Å². The predicted octanol–water partition coefficient (Wildman–Crippen LogP) is 2.23. The zero-order chi connectivity index (χ0) is 18.4. The summed E-state index contributed by atoms with van der Waals surface area (Å²) >= 11 is 1.28. The number of carbonyl (C=O) groups is 1. The van der Waals surface area contributed by atoms with Crippen LogP contribution in [0.1, 0.15) is 37.0 Å². The van der Waals surface area contributed by atoms with Gasteiger partial charge in [-0.2, -0.15) is 4.31 Å². The van der Waals surface area contributed by atoms with Crippen molar-refractivity contribution in [2.75, 3.05) is 32.7 Å². The van der Waals surface area contributed by atoms with E-state index < -0.39 is 16.1 Å². The maximum absolute atomic E-state index is 13.1. The first-order chi connectivity index (χ1) is 12.4. The molecule has 1 aromatic rings. The molecule has 4 heterocycles. The van der Waals surface area contributed by atoms with Crippen LogP contribution in [0.3, 0.4) is 0 Å². The molecule has 3 aliphatic rings. The van der Waals surface area contributed by atoms with E-state index in [1.54, 1.807) is 6.07 Å². The number of sulfonamides is 1. The summed E-state index contributed by atoms with van der Waals surface area (Å²) in [6, 6.07) is 2.95. The number of nitrogens with zero attached hydrogens (tertiary/aromatic N) is 2. The highest BCUT2D eigenvalue weighted by Crippen LogP contribution is 2.38. The van der Waals surface area contributed by atoms with Crippen molar-refractivity contribution in [3.05, 3.63) is 17.0 Å². The fourth-order valence-corrected chi connectivity index (χ4v) is 7.64. The summed E-state index contributed by atoms with van der Waals surface area (Å²) < 4.78 is 27.8. The zero-order valence-corrected chi connectivity index (χ0v) is 18.1. The molecule has 27 heavy (non-hydrogen) atoms. The molecule has 152 valence electrons. The summed E-state index contributed by atoms with van der Waals surface area (Å²) in [7, 11) is -3.58. The molecule has 0 bridgehead atoms. The summed E-state index contributed by atoms with van der Waals surface area (Å²) in [5.41, 5.74) is 0.354. The average molecular weight is 434 g/mol. The molecular weight excluding hydrogens is 406 g/mol. The molecule has 0 saturated carbocycles. The minimum atomic E-state index is -3.58. The molecule has 1 unspecified atom stereocenters. The van der Waals surface area contributed by atoms with E-state index in [1.165, 1.54) is 22.1 Å². The Morgan fingerprint density at radius 2 is 1.96 bits per heavy atom. The van der Waals surface area contributed by atoms with E-state index in [0.29, 0.717) is 22.6 Å². The van der Waals surface area contributed by atoms with Gasteiger partial charge in [-0.1, -0.05) is 0 Å². The van der Waals surface area contributed by atoms with Crippen molar-refractivity contribution >= 4 is 39.7 Å². The van der Waals surface area contributed by atoms with Crippen molar-refractivity contribution in [1.29, 1.82) is 0 Å². The highest BCUT2D eigenvalue weighted by atomic mass is 35.5. The summed E-state index contributed by atoms with van der Waals surface area (Å²) in [4.78, 5) is 16.0. The summed E-state index contributed by atoms with van der Waals surface area (Å²) in [6.45, 7) is 5.97. The molecule has 1 aromatic heterocycles. The number of piperidine rings is 1. The lowest BCUT2D eigenvalue weighted by Gasteiger charge is -2.40. The molecule has 9 heteroatoms. The minimum absolute atomic E-state index is 0. The molecule has 1 spiro atoms. The van der Waals surface area contributed by atoms with Gasteiger partial charge in [0, 0.05) is 31.1 Å². The molecule has 0 aliphatic carbocycles. The normalized spacial score (nSPS) is 25.7. The predicted molar refractivity (Wildman–Crippen MR) is 109 cm³/mol. The van der Waals surface area contributed by atoms with Gasteiger partial charge in [0.15, 0.2) is 0 Å². The van der Waals surface area contributed by atoms with E-state index in [2.05, 4.69) is 5.32 Å². The standard InChI is InChI=1S/C18H27N3O3S2.ClH/c1-14-4-5-16(25-14)26(23,24)21-10-2-3-15(21)17(22)20-11-7-18(8-12-20)6-9-19-13-18;/h4-5,15,19H,2-3,6-13H2,1H3;1H. The van der Waals surface area contributed by atoms with Gasteiger partial charge in [0.2, 0.25) is 5.91 Å². The Kier molecular flexibility index (Phi) is 6.23. The average Bonchev–Trinajstić information content (AvgIpc) is 3.36. The second kappa shape index (κ2) is 7.99. The van der Waals surface area contributed by atoms with Gasteiger partial charge in [-0.05, 0) is 63.1 Å². The van der Waals surface area contributed by atoms with E-state index in [1.807, 2.05) is 17.9 Å². The highest BCUT2D eigenvalue weighted by molar-refractivity contribution is 7.91. The summed E-state index contributed by atoms with van der Waals surface area (Å²) in [6.07, 6.45) is 4.62. The molecule has 4 rings (SSSR count). The molecule has 0 aromatic carbocycles. The Hall–Kier alpha value is -0.670. The van der Waals surface area contributed by atoms with Gasteiger partial charge in [-0.25, -0.2) is 8.42 Å². The molecular formula is C18H28ClN3O3S2. The number of rotatable bonds is 3. The zero-order valence-electron chi connectivity index (χ0n) is 15.6. The number of hydrogen-bond acceptors (Lipinski definition) is 5. The molecule has 1 atom stereocenters. The van der Waals surface area contributed by atoms with E-state index in [4.69, 9.17) is 0 Å². The van der Waals surface area contributed by atoms with Crippen LogP contribution >= 0.6 is 23.7 Å². The number of hydrogen-bond donors (Lipinski definition) is 1. The summed E-state index contributed by atoms with van der Waals surface area (Å²) in [5, 5.41) is 3.44. The van der Waals surface area contributed by atoms with Gasteiger partial charge in [-0.3, -0.25) is 4.79 Å². The Bertz CT molecular complexity index is 780. The number of amides is 1. The lowest BCUT2D eigenvalue weighted by Crippen LogP contribution is -2.51. The van der Waals surface area contributed by atoms with Crippen molar-refractivity contribution in [3.63, 3.8) is 0 Å². The molecule has 3 aliphatic heterocycles. The lowest BCUT2D eigenvalue weighted by molar-refractivity contribution is -0.136. The van der Waals surface area contributed by atoms with Crippen molar-refractivity contribution in [3.8, 4) is 0 Å². The van der Waals surface area contributed by atoms with Crippen molar-refractivity contribution in [1.82, 2.24) is 14.5 Å². The van der Waals surface area contributed by atoms with Gasteiger partial charge in [0.25, 0.3) is 10.0 Å². The number of aryl methyl sites for hydroxylation is 1. The largest absolute Gasteiger partial charge is 0.341 e. The quantitative estimate of drug-likeness (QED) is 0.793. The maximum atomic E-state index is 13.1. The van der Waals surface area contributed by atoms with Crippen LogP contribution < -0.4 is 5.32 Å². The fourth-order valence-electron chi connectivity index (χ4n) is 4.58. The number of halogens is 1. The van der Waals surface area contributed by atoms with E-state index in [0.717, 1.165) is 50.3 Å². The smallest absolute Gasteiger partial charge is 0.253 e. The Morgan fingerprint density at radius 1 is 1.22 bits per heavy atom. The van der Waals surface area contributed by atoms with Gasteiger partial charge in [0.05, 0.1) is 0 Å². The van der Waals surface area contributed by atoms with Crippen LogP contribution in [0, 0.1) is 12.3 Å². The number of thiophene rings is 1. The van der Waals surface area contributed by atoms with Crippen LogP contribution in [0.25, 0.3) is 0 Å². The molecule has 6 nitrogen and oxygen atoms in total. The third kappa shape index (κ3) is 3.92. The number of likely N-dealkylation sites (tertiary alicyclic amines) is 1. The fraction of sp³-hybridized carbons (Fsp3) is 0.722. The van der Waals surface area contributed by atoms with Crippen molar-refractivity contribution < 1.29 is 13.2 Å². The maximum Gasteiger partial charge on any atom is 0.253 e. The van der Waals surface area contributed by atoms with E-state index in [-0.39, 0.29) is 18.3 Å². The lowest BCUT2D eigenvalue weighted by atomic mass is 9.78. The Labute approximate surface area is 171 Å². The SMILES string of the molecule is Cc1ccc(S(=O)(=O)N2CCCC2C(=O)N2CCC3(CCNC3)CC2)s1.Cl. The van der Waals surface area contributed by atoms with Gasteiger partial charge >= 0.3 is 0 Å². The second-order valence-corrected chi connectivity index (χ2v) is 11.3. The van der Waals surface area contributed by atoms with Crippen LogP contribution in [-0.2, 0) is 14.8 Å². The van der Waals surface area contributed by atoms with Crippen molar-refractivity contribution in [2.24, 2.45) is 5.41 Å². The van der Waals surface area contributed by atoms with Gasteiger partial charge < -0.3 is 10.2 Å². The number of nitrogens with one attached hydrogen (secondary N) is 1.